The summed E-state index contributed by atoms with van der Waals surface area (Å²) in [5.41, 5.74) is 0.166. The molecule has 6 heteroatoms. The lowest BCUT2D eigenvalue weighted by molar-refractivity contribution is 0.0691. The van der Waals surface area contributed by atoms with Gasteiger partial charge < -0.3 is 15.3 Å². The predicted molar refractivity (Wildman–Crippen MR) is 72.3 cm³/mol. The Labute approximate surface area is 112 Å². The molecule has 0 atom stereocenters. The standard InChI is InChI=1S/C13H20N4O2/c1-13(3-7-17(2)8-4-13)9-16-11-10(12(18)19)14-5-6-15-11/h5-6H,3-4,7-9H2,1-2H3,(H,15,16)(H,18,19). The van der Waals surface area contributed by atoms with Crippen LogP contribution in [0.15, 0.2) is 12.4 Å². The second kappa shape index (κ2) is 5.52. The molecule has 2 rings (SSSR count). The Kier molecular flexibility index (Phi) is 3.99. The fourth-order valence-electron chi connectivity index (χ4n) is 2.26. The van der Waals surface area contributed by atoms with E-state index in [1.165, 1.54) is 12.4 Å². The third-order valence-electron chi connectivity index (χ3n) is 3.78. The minimum atomic E-state index is -1.05. The molecule has 19 heavy (non-hydrogen) atoms. The van der Waals surface area contributed by atoms with E-state index in [2.05, 4.69) is 34.2 Å². The number of anilines is 1. The molecule has 0 amide bonds. The van der Waals surface area contributed by atoms with E-state index in [4.69, 9.17) is 5.11 Å². The largest absolute Gasteiger partial charge is 0.476 e. The maximum Gasteiger partial charge on any atom is 0.358 e. The van der Waals surface area contributed by atoms with Gasteiger partial charge in [-0.1, -0.05) is 6.92 Å². The topological polar surface area (TPSA) is 78.3 Å². The van der Waals surface area contributed by atoms with Crippen LogP contribution in [0.5, 0.6) is 0 Å². The van der Waals surface area contributed by atoms with Crippen LogP contribution in [-0.4, -0.2) is 52.6 Å². The van der Waals surface area contributed by atoms with Gasteiger partial charge in [0.05, 0.1) is 0 Å². The predicted octanol–water partition coefficient (Wildman–Crippen LogP) is 1.32. The molecule has 1 aliphatic heterocycles. The normalized spacial score (nSPS) is 19.1. The van der Waals surface area contributed by atoms with Gasteiger partial charge in [-0.15, -0.1) is 0 Å². The van der Waals surface area contributed by atoms with Crippen molar-refractivity contribution >= 4 is 11.8 Å². The summed E-state index contributed by atoms with van der Waals surface area (Å²) in [5.74, 6) is -0.695. The maximum atomic E-state index is 11.0. The number of carbonyl (C=O) groups is 1. The Balaban J connectivity index is 2.01. The molecule has 1 aliphatic rings. The molecule has 1 aromatic rings. The van der Waals surface area contributed by atoms with Crippen molar-refractivity contribution in [2.75, 3.05) is 32.0 Å². The van der Waals surface area contributed by atoms with E-state index in [0.29, 0.717) is 5.82 Å². The minimum Gasteiger partial charge on any atom is -0.476 e. The van der Waals surface area contributed by atoms with Crippen molar-refractivity contribution in [2.24, 2.45) is 5.41 Å². The van der Waals surface area contributed by atoms with E-state index in [-0.39, 0.29) is 11.1 Å². The van der Waals surface area contributed by atoms with Crippen LogP contribution in [0.25, 0.3) is 0 Å². The van der Waals surface area contributed by atoms with Crippen molar-refractivity contribution in [2.45, 2.75) is 19.8 Å². The smallest absolute Gasteiger partial charge is 0.358 e. The molecule has 0 saturated carbocycles. The number of piperidine rings is 1. The number of hydrogen-bond donors (Lipinski definition) is 2. The minimum absolute atomic E-state index is 0.0148. The Morgan fingerprint density at radius 3 is 2.68 bits per heavy atom. The first-order chi connectivity index (χ1) is 9.00. The Morgan fingerprint density at radius 1 is 1.42 bits per heavy atom. The van der Waals surface area contributed by atoms with Gasteiger partial charge in [-0.25, -0.2) is 14.8 Å². The number of carboxylic acids is 1. The van der Waals surface area contributed by atoms with Gasteiger partial charge in [0, 0.05) is 18.9 Å². The van der Waals surface area contributed by atoms with Crippen molar-refractivity contribution in [3.8, 4) is 0 Å². The highest BCUT2D eigenvalue weighted by Crippen LogP contribution is 2.30. The Morgan fingerprint density at radius 2 is 2.05 bits per heavy atom. The van der Waals surface area contributed by atoms with Crippen molar-refractivity contribution in [3.05, 3.63) is 18.1 Å². The lowest BCUT2D eigenvalue weighted by Crippen LogP contribution is -2.40. The van der Waals surface area contributed by atoms with Gasteiger partial charge in [0.1, 0.15) is 0 Å². The number of nitrogens with zero attached hydrogens (tertiary/aromatic N) is 3. The van der Waals surface area contributed by atoms with Crippen LogP contribution in [0.4, 0.5) is 5.82 Å². The van der Waals surface area contributed by atoms with Crippen LogP contribution >= 0.6 is 0 Å². The monoisotopic (exact) mass is 264 g/mol. The summed E-state index contributed by atoms with van der Waals surface area (Å²) in [4.78, 5) is 21.3. The molecule has 0 aliphatic carbocycles. The summed E-state index contributed by atoms with van der Waals surface area (Å²) in [6.45, 7) is 5.10. The van der Waals surface area contributed by atoms with Gasteiger partial charge in [0.25, 0.3) is 0 Å². The first-order valence-corrected chi connectivity index (χ1v) is 6.47. The molecule has 0 radical (unpaired) electrons. The summed E-state index contributed by atoms with van der Waals surface area (Å²) in [6, 6.07) is 0. The second-order valence-corrected chi connectivity index (χ2v) is 5.53. The molecule has 104 valence electrons. The SMILES string of the molecule is CN1CCC(C)(CNc2nccnc2C(=O)O)CC1. The molecule has 0 unspecified atom stereocenters. The molecular formula is C13H20N4O2. The van der Waals surface area contributed by atoms with E-state index in [9.17, 15) is 4.79 Å². The number of hydrogen-bond acceptors (Lipinski definition) is 5. The number of rotatable bonds is 4. The summed E-state index contributed by atoms with van der Waals surface area (Å²) >= 11 is 0. The van der Waals surface area contributed by atoms with Gasteiger partial charge in [-0.05, 0) is 38.4 Å². The molecule has 6 nitrogen and oxygen atoms in total. The zero-order chi connectivity index (χ0) is 13.9. The van der Waals surface area contributed by atoms with Crippen molar-refractivity contribution in [1.29, 1.82) is 0 Å². The van der Waals surface area contributed by atoms with Crippen LogP contribution in [0.2, 0.25) is 0 Å². The quantitative estimate of drug-likeness (QED) is 0.854. The number of carboxylic acid groups (broad SMARTS) is 1. The molecular weight excluding hydrogens is 244 g/mol. The summed E-state index contributed by atoms with van der Waals surface area (Å²) < 4.78 is 0. The van der Waals surface area contributed by atoms with Gasteiger partial charge in [0.15, 0.2) is 11.5 Å². The fourth-order valence-corrected chi connectivity index (χ4v) is 2.26. The average molecular weight is 264 g/mol. The number of likely N-dealkylation sites (tertiary alicyclic amines) is 1. The number of aromatic carboxylic acids is 1. The Hall–Kier alpha value is -1.69. The fraction of sp³-hybridized carbons (Fsp3) is 0.615. The molecule has 1 fully saturated rings. The summed E-state index contributed by atoms with van der Waals surface area (Å²) in [5, 5.41) is 12.2. The number of aromatic nitrogens is 2. The van der Waals surface area contributed by atoms with Crippen molar-refractivity contribution < 1.29 is 9.90 Å². The molecule has 0 spiro atoms. The van der Waals surface area contributed by atoms with Gasteiger partial charge in [-0.2, -0.15) is 0 Å². The molecule has 2 N–H and O–H groups in total. The molecule has 1 saturated heterocycles. The summed E-state index contributed by atoms with van der Waals surface area (Å²) in [7, 11) is 2.12. The first-order valence-electron chi connectivity index (χ1n) is 6.47. The van der Waals surface area contributed by atoms with Crippen LogP contribution in [-0.2, 0) is 0 Å². The summed E-state index contributed by atoms with van der Waals surface area (Å²) in [6.07, 6.45) is 5.09. The van der Waals surface area contributed by atoms with Crippen LogP contribution in [0.3, 0.4) is 0 Å². The molecule has 2 heterocycles. The first kappa shape index (κ1) is 13.7. The third-order valence-corrected chi connectivity index (χ3v) is 3.78. The van der Waals surface area contributed by atoms with E-state index in [0.717, 1.165) is 32.5 Å². The van der Waals surface area contributed by atoms with E-state index in [1.54, 1.807) is 0 Å². The van der Waals surface area contributed by atoms with E-state index < -0.39 is 5.97 Å². The third kappa shape index (κ3) is 3.41. The number of nitrogens with one attached hydrogen (secondary N) is 1. The highest BCUT2D eigenvalue weighted by Gasteiger charge is 2.29. The van der Waals surface area contributed by atoms with Gasteiger partial charge >= 0.3 is 5.97 Å². The molecule has 1 aromatic heterocycles. The molecule has 0 bridgehead atoms. The lowest BCUT2D eigenvalue weighted by Gasteiger charge is -2.38. The highest BCUT2D eigenvalue weighted by molar-refractivity contribution is 5.90. The Bertz CT molecular complexity index is 456. The van der Waals surface area contributed by atoms with Crippen LogP contribution < -0.4 is 5.32 Å². The second-order valence-electron chi connectivity index (χ2n) is 5.53. The maximum absolute atomic E-state index is 11.0. The van der Waals surface area contributed by atoms with Crippen molar-refractivity contribution in [1.82, 2.24) is 14.9 Å². The highest BCUT2D eigenvalue weighted by atomic mass is 16.4. The van der Waals surface area contributed by atoms with Gasteiger partial charge in [0.2, 0.25) is 0 Å². The van der Waals surface area contributed by atoms with E-state index >= 15 is 0 Å². The van der Waals surface area contributed by atoms with Crippen LogP contribution in [0.1, 0.15) is 30.3 Å². The van der Waals surface area contributed by atoms with Crippen molar-refractivity contribution in [3.63, 3.8) is 0 Å². The lowest BCUT2D eigenvalue weighted by atomic mass is 9.80. The zero-order valence-electron chi connectivity index (χ0n) is 11.4. The zero-order valence-corrected chi connectivity index (χ0v) is 11.4. The van der Waals surface area contributed by atoms with E-state index in [1.807, 2.05) is 0 Å². The average Bonchev–Trinajstić information content (AvgIpc) is 2.41. The van der Waals surface area contributed by atoms with Gasteiger partial charge in [-0.3, -0.25) is 0 Å². The van der Waals surface area contributed by atoms with Crippen LogP contribution in [0, 0.1) is 5.41 Å². The molecule has 0 aromatic carbocycles.